The van der Waals surface area contributed by atoms with Crippen LogP contribution in [0.5, 0.6) is 0 Å². The molecule has 0 aliphatic heterocycles. The Labute approximate surface area is 274 Å². The number of nitrogens with two attached hydrogens (primary N) is 1. The van der Waals surface area contributed by atoms with Crippen LogP contribution in [0.3, 0.4) is 0 Å². The van der Waals surface area contributed by atoms with Gasteiger partial charge in [-0.3, -0.25) is 24.4 Å². The molecule has 3 aromatic carbocycles. The maximum absolute atomic E-state index is 13.8. The van der Waals surface area contributed by atoms with Crippen LogP contribution in [0.4, 0.5) is 21.5 Å². The van der Waals surface area contributed by atoms with Crippen molar-refractivity contribution in [2.75, 3.05) is 16.4 Å². The fourth-order valence-corrected chi connectivity index (χ4v) is 7.87. The van der Waals surface area contributed by atoms with Crippen molar-refractivity contribution in [1.82, 2.24) is 19.3 Å². The highest BCUT2D eigenvalue weighted by Gasteiger charge is 2.29. The first-order valence-corrected chi connectivity index (χ1v) is 16.6. The highest BCUT2D eigenvalue weighted by Crippen LogP contribution is 2.40. The Bertz CT molecular complexity index is 2280. The molecule has 0 fully saturated rings. The first-order chi connectivity index (χ1) is 22.3. The Morgan fingerprint density at radius 3 is 2.33 bits per heavy atom. The molecule has 4 N–H and O–H groups in total. The number of carbonyl (C=O) groups excluding carboxylic acids is 2. The van der Waals surface area contributed by atoms with Crippen LogP contribution in [0.2, 0.25) is 0 Å². The van der Waals surface area contributed by atoms with Crippen molar-refractivity contribution in [2.45, 2.75) is 6.92 Å². The summed E-state index contributed by atoms with van der Waals surface area (Å²) in [6.07, 6.45) is 0. The molecule has 7 aromatic rings. The molecule has 0 spiro atoms. The number of ketones is 1. The smallest absolute Gasteiger partial charge is 0.281 e. The maximum atomic E-state index is 13.8. The Kier molecular flexibility index (Phi) is 7.56. The van der Waals surface area contributed by atoms with Gasteiger partial charge in [0.05, 0.1) is 38.4 Å². The number of nitrogens with one attached hydrogen (secondary N) is 2. The maximum Gasteiger partial charge on any atom is 0.281 e. The third-order valence-corrected chi connectivity index (χ3v) is 10.3. The van der Waals surface area contributed by atoms with Crippen LogP contribution in [-0.4, -0.2) is 31.0 Å². The second kappa shape index (κ2) is 11.9. The number of carbonyl (C=O) groups is 2. The Morgan fingerprint density at radius 2 is 1.59 bits per heavy atom. The molecule has 0 aliphatic carbocycles. The molecule has 0 saturated carbocycles. The highest BCUT2D eigenvalue weighted by molar-refractivity contribution is 7.23. The molecular formula is C33H25N7O3S3. The number of benzene rings is 3. The summed E-state index contributed by atoms with van der Waals surface area (Å²) >= 11 is 3.56. The van der Waals surface area contributed by atoms with E-state index in [-0.39, 0.29) is 37.6 Å². The molecule has 4 aromatic heterocycles. The predicted molar refractivity (Wildman–Crippen MR) is 186 cm³/mol. The van der Waals surface area contributed by atoms with Crippen molar-refractivity contribution in [3.8, 4) is 16.9 Å². The SMILES string of the molecule is Cc1c(-c2csc(NC(=O)c3c(Nc4ccccc4)sc(C(=O)c4nc5ccccc5s4)c3N)n2)c(=O)n(-c2ccccc2)n1C. The molecule has 1 amide bonds. The fraction of sp³-hybridized carbons (Fsp3) is 0.0606. The predicted octanol–water partition coefficient (Wildman–Crippen LogP) is 7.09. The first kappa shape index (κ1) is 29.3. The van der Waals surface area contributed by atoms with Crippen LogP contribution < -0.4 is 21.9 Å². The van der Waals surface area contributed by atoms with E-state index in [9.17, 15) is 14.4 Å². The Balaban J connectivity index is 1.23. The molecule has 4 heterocycles. The van der Waals surface area contributed by atoms with Gasteiger partial charge in [0.15, 0.2) is 10.1 Å². The minimum Gasteiger partial charge on any atom is -0.397 e. The van der Waals surface area contributed by atoms with Gasteiger partial charge in [-0.2, -0.15) is 0 Å². The number of fused-ring (bicyclic) bond motifs is 1. The lowest BCUT2D eigenvalue weighted by molar-refractivity contribution is 0.102. The molecular weight excluding hydrogens is 639 g/mol. The summed E-state index contributed by atoms with van der Waals surface area (Å²) in [5.41, 5.74) is 10.3. The number of anilines is 4. The molecule has 0 bridgehead atoms. The molecule has 0 aliphatic rings. The average molecular weight is 664 g/mol. The quantitative estimate of drug-likeness (QED) is 0.148. The molecule has 0 saturated heterocycles. The van der Waals surface area contributed by atoms with Crippen molar-refractivity contribution in [3.05, 3.63) is 122 Å². The van der Waals surface area contributed by atoms with E-state index in [1.807, 2.05) is 98.9 Å². The molecule has 7 rings (SSSR count). The van der Waals surface area contributed by atoms with Gasteiger partial charge in [-0.25, -0.2) is 14.6 Å². The summed E-state index contributed by atoms with van der Waals surface area (Å²) in [5, 5.41) is 8.80. The number of para-hydroxylation sites is 3. The summed E-state index contributed by atoms with van der Waals surface area (Å²) in [5.74, 6) is -0.896. The summed E-state index contributed by atoms with van der Waals surface area (Å²) in [6, 6.07) is 26.2. The second-order valence-corrected chi connectivity index (χ2v) is 13.2. The monoisotopic (exact) mass is 663 g/mol. The summed E-state index contributed by atoms with van der Waals surface area (Å²) < 4.78 is 4.24. The second-order valence-electron chi connectivity index (χ2n) is 10.3. The normalized spacial score (nSPS) is 11.2. The van der Waals surface area contributed by atoms with E-state index in [4.69, 9.17) is 5.73 Å². The van der Waals surface area contributed by atoms with Crippen molar-refractivity contribution in [1.29, 1.82) is 0 Å². The summed E-state index contributed by atoms with van der Waals surface area (Å²) in [4.78, 5) is 50.3. The van der Waals surface area contributed by atoms with Gasteiger partial charge in [0.2, 0.25) is 5.78 Å². The zero-order chi connectivity index (χ0) is 31.9. The minimum absolute atomic E-state index is 0.0478. The lowest BCUT2D eigenvalue weighted by atomic mass is 10.2. The van der Waals surface area contributed by atoms with E-state index in [0.717, 1.165) is 38.6 Å². The van der Waals surface area contributed by atoms with E-state index < -0.39 is 5.91 Å². The number of amides is 1. The number of aromatic nitrogens is 4. The number of thiazole rings is 2. The van der Waals surface area contributed by atoms with Gasteiger partial charge in [0, 0.05) is 23.8 Å². The first-order valence-electron chi connectivity index (χ1n) is 14.1. The van der Waals surface area contributed by atoms with Crippen molar-refractivity contribution in [3.63, 3.8) is 0 Å². The van der Waals surface area contributed by atoms with Gasteiger partial charge in [-0.15, -0.1) is 34.0 Å². The Morgan fingerprint density at radius 1 is 0.891 bits per heavy atom. The van der Waals surface area contributed by atoms with Gasteiger partial charge in [0.1, 0.15) is 9.88 Å². The van der Waals surface area contributed by atoms with Crippen molar-refractivity contribution in [2.24, 2.45) is 7.05 Å². The molecule has 46 heavy (non-hydrogen) atoms. The lowest BCUT2D eigenvalue weighted by Crippen LogP contribution is -2.20. The van der Waals surface area contributed by atoms with Crippen LogP contribution in [0, 0.1) is 6.92 Å². The largest absolute Gasteiger partial charge is 0.397 e. The molecule has 10 nitrogen and oxygen atoms in total. The number of hydrogen-bond donors (Lipinski definition) is 3. The van der Waals surface area contributed by atoms with Crippen LogP contribution in [-0.2, 0) is 7.05 Å². The van der Waals surface area contributed by atoms with Crippen LogP contribution >= 0.6 is 34.0 Å². The van der Waals surface area contributed by atoms with E-state index in [1.54, 1.807) is 14.7 Å². The standard InChI is InChI=1S/C33H25N7O3S3/c1-18-24(32(43)40(39(18)2)20-13-7-4-8-14-20)22-17-44-33(37-22)38-29(42)25-26(34)28(46-30(25)35-19-11-5-3-6-12-19)27(41)31-36-21-15-9-10-16-23(21)45-31/h3-17,35H,34H2,1-2H3,(H,37,38,42). The fourth-order valence-electron chi connectivity index (χ4n) is 5.11. The van der Waals surface area contributed by atoms with Gasteiger partial charge in [-0.1, -0.05) is 48.5 Å². The minimum atomic E-state index is -0.539. The van der Waals surface area contributed by atoms with Crippen molar-refractivity contribution >= 4 is 77.4 Å². The van der Waals surface area contributed by atoms with Crippen LogP contribution in [0.15, 0.2) is 95.1 Å². The van der Waals surface area contributed by atoms with Crippen molar-refractivity contribution < 1.29 is 9.59 Å². The number of nitrogens with zero attached hydrogens (tertiary/aromatic N) is 4. The van der Waals surface area contributed by atoms with Gasteiger partial charge >= 0.3 is 0 Å². The van der Waals surface area contributed by atoms with Crippen LogP contribution in [0.25, 0.3) is 27.2 Å². The van der Waals surface area contributed by atoms with E-state index in [1.165, 1.54) is 22.7 Å². The molecule has 0 radical (unpaired) electrons. The summed E-state index contributed by atoms with van der Waals surface area (Å²) in [6.45, 7) is 1.85. The van der Waals surface area contributed by atoms with E-state index in [0.29, 0.717) is 16.3 Å². The van der Waals surface area contributed by atoms with Crippen LogP contribution in [0.1, 0.15) is 30.7 Å². The highest BCUT2D eigenvalue weighted by atomic mass is 32.1. The third kappa shape index (κ3) is 5.19. The molecule has 13 heteroatoms. The number of nitrogen functional groups attached to an aromatic ring is 1. The van der Waals surface area contributed by atoms with Gasteiger partial charge in [-0.05, 0) is 43.3 Å². The zero-order valence-corrected chi connectivity index (χ0v) is 26.9. The zero-order valence-electron chi connectivity index (χ0n) is 24.5. The number of thiophene rings is 1. The number of rotatable bonds is 8. The summed E-state index contributed by atoms with van der Waals surface area (Å²) in [7, 11) is 1.82. The molecule has 0 atom stereocenters. The average Bonchev–Trinajstić information content (AvgIpc) is 3.82. The lowest BCUT2D eigenvalue weighted by Gasteiger charge is -2.08. The molecule has 228 valence electrons. The topological polar surface area (TPSA) is 137 Å². The third-order valence-electron chi connectivity index (χ3n) is 7.43. The van der Waals surface area contributed by atoms with E-state index in [2.05, 4.69) is 20.6 Å². The Hall–Kier alpha value is -5.37. The van der Waals surface area contributed by atoms with E-state index >= 15 is 0 Å². The van der Waals surface area contributed by atoms with Gasteiger partial charge in [0.25, 0.3) is 11.5 Å². The number of hydrogen-bond acceptors (Lipinski definition) is 10. The van der Waals surface area contributed by atoms with Gasteiger partial charge < -0.3 is 11.1 Å². The molecule has 0 unspecified atom stereocenters.